The molecule has 1 aliphatic carbocycles. The van der Waals surface area contributed by atoms with Crippen LogP contribution >= 0.6 is 23.2 Å². The van der Waals surface area contributed by atoms with E-state index in [1.165, 1.54) is 0 Å². The SMILES string of the molecule is COc1ccc(OC)c2c1NC(c1ccc(Cl)cc1Cl)C1CC=CC21. The van der Waals surface area contributed by atoms with Crippen LogP contribution in [0.3, 0.4) is 0 Å². The van der Waals surface area contributed by atoms with Crippen molar-refractivity contribution >= 4 is 28.9 Å². The first-order valence-corrected chi connectivity index (χ1v) is 9.02. The number of hydrogen-bond donors (Lipinski definition) is 1. The van der Waals surface area contributed by atoms with Crippen LogP contribution in [0.25, 0.3) is 0 Å². The Hall–Kier alpha value is -1.84. The molecule has 0 spiro atoms. The third-order valence-electron chi connectivity index (χ3n) is 5.18. The molecule has 0 aromatic heterocycles. The van der Waals surface area contributed by atoms with Crippen LogP contribution in [0.4, 0.5) is 5.69 Å². The second-order valence-corrected chi connectivity index (χ2v) is 7.24. The number of nitrogens with one attached hydrogen (secondary N) is 1. The summed E-state index contributed by atoms with van der Waals surface area (Å²) in [6, 6.07) is 9.69. The van der Waals surface area contributed by atoms with E-state index in [-0.39, 0.29) is 12.0 Å². The summed E-state index contributed by atoms with van der Waals surface area (Å²) < 4.78 is 11.2. The molecule has 2 aromatic rings. The number of halogens is 2. The quantitative estimate of drug-likeness (QED) is 0.683. The first kappa shape index (κ1) is 16.6. The molecule has 0 amide bonds. The Morgan fingerprint density at radius 3 is 2.52 bits per heavy atom. The molecule has 0 radical (unpaired) electrons. The Balaban J connectivity index is 1.87. The second kappa shape index (κ2) is 6.47. The van der Waals surface area contributed by atoms with Crippen molar-refractivity contribution < 1.29 is 9.47 Å². The third-order valence-corrected chi connectivity index (χ3v) is 5.74. The number of anilines is 1. The van der Waals surface area contributed by atoms with E-state index in [4.69, 9.17) is 32.7 Å². The number of fused-ring (bicyclic) bond motifs is 3. The summed E-state index contributed by atoms with van der Waals surface area (Å²) in [5, 5.41) is 4.99. The van der Waals surface area contributed by atoms with Crippen molar-refractivity contribution in [1.29, 1.82) is 0 Å². The first-order chi connectivity index (χ1) is 12.1. The molecule has 5 heteroatoms. The van der Waals surface area contributed by atoms with Crippen LogP contribution < -0.4 is 14.8 Å². The van der Waals surface area contributed by atoms with E-state index in [1.807, 2.05) is 24.3 Å². The highest BCUT2D eigenvalue weighted by molar-refractivity contribution is 6.35. The maximum absolute atomic E-state index is 6.51. The van der Waals surface area contributed by atoms with Crippen molar-refractivity contribution in [2.45, 2.75) is 18.4 Å². The molecule has 0 fully saturated rings. The average molecular weight is 376 g/mol. The van der Waals surface area contributed by atoms with Gasteiger partial charge >= 0.3 is 0 Å². The van der Waals surface area contributed by atoms with E-state index in [1.54, 1.807) is 20.3 Å². The van der Waals surface area contributed by atoms with Crippen LogP contribution in [0.1, 0.15) is 29.5 Å². The summed E-state index contributed by atoms with van der Waals surface area (Å²) in [4.78, 5) is 0. The number of ether oxygens (including phenoxy) is 2. The average Bonchev–Trinajstić information content (AvgIpc) is 3.10. The largest absolute Gasteiger partial charge is 0.496 e. The number of methoxy groups -OCH3 is 2. The predicted octanol–water partition coefficient (Wildman–Crippen LogP) is 5.84. The lowest BCUT2D eigenvalue weighted by Gasteiger charge is -2.39. The summed E-state index contributed by atoms with van der Waals surface area (Å²) in [5.74, 6) is 2.32. The van der Waals surface area contributed by atoms with Gasteiger partial charge < -0.3 is 14.8 Å². The van der Waals surface area contributed by atoms with E-state index in [9.17, 15) is 0 Å². The zero-order valence-electron chi connectivity index (χ0n) is 14.1. The van der Waals surface area contributed by atoms with Crippen LogP contribution in [0.2, 0.25) is 10.0 Å². The van der Waals surface area contributed by atoms with Crippen molar-refractivity contribution in [3.63, 3.8) is 0 Å². The van der Waals surface area contributed by atoms with Gasteiger partial charge in [-0.2, -0.15) is 0 Å². The molecule has 2 aliphatic rings. The zero-order chi connectivity index (χ0) is 17.6. The Morgan fingerprint density at radius 2 is 1.80 bits per heavy atom. The number of allylic oxidation sites excluding steroid dienone is 2. The van der Waals surface area contributed by atoms with Gasteiger partial charge in [0, 0.05) is 21.5 Å². The monoisotopic (exact) mass is 375 g/mol. The van der Waals surface area contributed by atoms with Crippen LogP contribution in [0, 0.1) is 5.92 Å². The van der Waals surface area contributed by atoms with E-state index >= 15 is 0 Å². The molecule has 3 nitrogen and oxygen atoms in total. The zero-order valence-corrected chi connectivity index (χ0v) is 15.6. The van der Waals surface area contributed by atoms with Gasteiger partial charge in [-0.1, -0.05) is 41.4 Å². The normalized spacial score (nSPS) is 23.6. The Morgan fingerprint density at radius 1 is 1.04 bits per heavy atom. The minimum atomic E-state index is 0.0817. The molecule has 0 bridgehead atoms. The van der Waals surface area contributed by atoms with Crippen LogP contribution in [0.5, 0.6) is 11.5 Å². The highest BCUT2D eigenvalue weighted by Gasteiger charge is 2.41. The summed E-state index contributed by atoms with van der Waals surface area (Å²) in [6.45, 7) is 0. The van der Waals surface area contributed by atoms with Crippen LogP contribution in [-0.4, -0.2) is 14.2 Å². The van der Waals surface area contributed by atoms with Gasteiger partial charge in [0.1, 0.15) is 11.5 Å². The van der Waals surface area contributed by atoms with Gasteiger partial charge in [0.25, 0.3) is 0 Å². The van der Waals surface area contributed by atoms with Gasteiger partial charge in [-0.05, 0) is 42.2 Å². The molecule has 1 heterocycles. The molecule has 1 aliphatic heterocycles. The minimum absolute atomic E-state index is 0.0817. The van der Waals surface area contributed by atoms with E-state index in [2.05, 4.69) is 17.5 Å². The lowest BCUT2D eigenvalue weighted by Crippen LogP contribution is -2.30. The summed E-state index contributed by atoms with van der Waals surface area (Å²) >= 11 is 12.6. The number of hydrogen-bond acceptors (Lipinski definition) is 3. The van der Waals surface area contributed by atoms with Gasteiger partial charge in [0.2, 0.25) is 0 Å². The van der Waals surface area contributed by atoms with Gasteiger partial charge in [-0.25, -0.2) is 0 Å². The van der Waals surface area contributed by atoms with Gasteiger partial charge in [-0.3, -0.25) is 0 Å². The summed E-state index contributed by atoms with van der Waals surface area (Å²) in [7, 11) is 3.39. The Kier molecular flexibility index (Phi) is 4.30. The lowest BCUT2D eigenvalue weighted by atomic mass is 9.76. The molecule has 3 unspecified atom stereocenters. The highest BCUT2D eigenvalue weighted by atomic mass is 35.5. The van der Waals surface area contributed by atoms with E-state index < -0.39 is 0 Å². The van der Waals surface area contributed by atoms with Crippen molar-refractivity contribution in [2.24, 2.45) is 5.92 Å². The number of benzene rings is 2. The molecular formula is C20H19Cl2NO2. The molecule has 2 aromatic carbocycles. The van der Waals surface area contributed by atoms with Crippen molar-refractivity contribution in [2.75, 3.05) is 19.5 Å². The standard InChI is InChI=1S/C20H19Cl2NO2/c1-24-16-8-9-17(25-2)20-18(16)12-4-3-5-13(12)19(23-20)14-7-6-11(21)10-15(14)22/h3-4,6-10,12-13,19,23H,5H2,1-2H3. The maximum Gasteiger partial charge on any atom is 0.142 e. The van der Waals surface area contributed by atoms with Crippen molar-refractivity contribution in [3.05, 3.63) is 63.7 Å². The molecular weight excluding hydrogens is 357 g/mol. The smallest absolute Gasteiger partial charge is 0.142 e. The third kappa shape index (κ3) is 2.66. The fourth-order valence-corrected chi connectivity index (χ4v) is 4.58. The van der Waals surface area contributed by atoms with E-state index in [0.717, 1.165) is 34.7 Å². The van der Waals surface area contributed by atoms with E-state index in [0.29, 0.717) is 16.0 Å². The second-order valence-electron chi connectivity index (χ2n) is 6.40. The summed E-state index contributed by atoms with van der Waals surface area (Å²) in [6.07, 6.45) is 5.49. The lowest BCUT2D eigenvalue weighted by molar-refractivity contribution is 0.371. The molecule has 1 N–H and O–H groups in total. The molecule has 25 heavy (non-hydrogen) atoms. The molecule has 3 atom stereocenters. The molecule has 0 saturated carbocycles. The van der Waals surface area contributed by atoms with Crippen molar-refractivity contribution in [1.82, 2.24) is 0 Å². The van der Waals surface area contributed by atoms with Crippen LogP contribution in [0.15, 0.2) is 42.5 Å². The molecule has 4 rings (SSSR count). The topological polar surface area (TPSA) is 30.5 Å². The van der Waals surface area contributed by atoms with Crippen molar-refractivity contribution in [3.8, 4) is 11.5 Å². The highest BCUT2D eigenvalue weighted by Crippen LogP contribution is 2.55. The fourth-order valence-electron chi connectivity index (χ4n) is 4.06. The minimum Gasteiger partial charge on any atom is -0.496 e. The number of rotatable bonds is 3. The Bertz CT molecular complexity index is 850. The Labute approximate surface area is 157 Å². The van der Waals surface area contributed by atoms with Gasteiger partial charge in [-0.15, -0.1) is 0 Å². The first-order valence-electron chi connectivity index (χ1n) is 8.27. The predicted molar refractivity (Wildman–Crippen MR) is 102 cm³/mol. The molecule has 0 saturated heterocycles. The fraction of sp³-hybridized carbons (Fsp3) is 0.300. The maximum atomic E-state index is 6.51. The summed E-state index contributed by atoms with van der Waals surface area (Å²) in [5.41, 5.74) is 3.19. The van der Waals surface area contributed by atoms with Crippen LogP contribution in [-0.2, 0) is 0 Å². The van der Waals surface area contributed by atoms with Gasteiger partial charge in [0.05, 0.1) is 25.9 Å². The van der Waals surface area contributed by atoms with Gasteiger partial charge in [0.15, 0.2) is 0 Å². The molecule has 130 valence electrons.